The first-order chi connectivity index (χ1) is 12.2. The lowest BCUT2D eigenvalue weighted by Crippen LogP contribution is -2.47. The molecule has 2 amide bonds. The molecule has 5 heteroatoms. The van der Waals surface area contributed by atoms with Gasteiger partial charge in [-0.1, -0.05) is 48.5 Å². The molecule has 25 heavy (non-hydrogen) atoms. The third-order valence-electron chi connectivity index (χ3n) is 4.09. The Morgan fingerprint density at radius 3 is 2.60 bits per heavy atom. The van der Waals surface area contributed by atoms with Gasteiger partial charge in [0, 0.05) is 18.3 Å². The van der Waals surface area contributed by atoms with Gasteiger partial charge >= 0.3 is 0 Å². The molecule has 0 radical (unpaired) electrons. The van der Waals surface area contributed by atoms with Gasteiger partial charge in [-0.3, -0.25) is 20.4 Å². The highest BCUT2D eigenvalue weighted by Crippen LogP contribution is 2.26. The van der Waals surface area contributed by atoms with Crippen LogP contribution in [0, 0.1) is 0 Å². The second kappa shape index (κ2) is 8.15. The topological polar surface area (TPSA) is 61.4 Å². The number of hydrogen-bond acceptors (Lipinski definition) is 3. The molecule has 0 atom stereocenters. The molecule has 0 fully saturated rings. The number of rotatable bonds is 4. The van der Waals surface area contributed by atoms with Gasteiger partial charge in [0.15, 0.2) is 0 Å². The van der Waals surface area contributed by atoms with Crippen molar-refractivity contribution in [2.24, 2.45) is 0 Å². The number of carbonyl (C=O) groups is 2. The molecule has 0 aromatic heterocycles. The predicted molar refractivity (Wildman–Crippen MR) is 98.7 cm³/mol. The average Bonchev–Trinajstić information content (AvgIpc) is 2.66. The number of amides is 2. The van der Waals surface area contributed by atoms with E-state index in [1.807, 2.05) is 53.4 Å². The smallest absolute Gasteiger partial charge is 0.262 e. The summed E-state index contributed by atoms with van der Waals surface area (Å²) in [7, 11) is 0. The first-order valence-electron chi connectivity index (χ1n) is 8.37. The number of nitrogens with zero attached hydrogens (tertiary/aromatic N) is 1. The van der Waals surface area contributed by atoms with Gasteiger partial charge in [-0.15, -0.1) is 0 Å². The molecule has 128 valence electrons. The molecule has 5 nitrogen and oxygen atoms in total. The first-order valence-corrected chi connectivity index (χ1v) is 8.37. The summed E-state index contributed by atoms with van der Waals surface area (Å²) < 4.78 is 0. The van der Waals surface area contributed by atoms with Crippen molar-refractivity contribution in [3.05, 3.63) is 71.8 Å². The summed E-state index contributed by atoms with van der Waals surface area (Å²) in [5, 5.41) is 0. The molecule has 2 N–H and O–H groups in total. The van der Waals surface area contributed by atoms with Crippen LogP contribution in [-0.4, -0.2) is 24.9 Å². The monoisotopic (exact) mass is 335 g/mol. The maximum absolute atomic E-state index is 12.1. The van der Waals surface area contributed by atoms with Gasteiger partial charge in [0.25, 0.3) is 11.8 Å². The van der Waals surface area contributed by atoms with Crippen LogP contribution < -0.4 is 15.8 Å². The molecule has 2 aromatic carbocycles. The molecule has 0 saturated carbocycles. The van der Waals surface area contributed by atoms with Crippen LogP contribution in [0.5, 0.6) is 0 Å². The van der Waals surface area contributed by atoms with Gasteiger partial charge in [-0.25, -0.2) is 0 Å². The van der Waals surface area contributed by atoms with Crippen LogP contribution in [0.1, 0.15) is 17.5 Å². The number of hydrogen-bond donors (Lipinski definition) is 2. The maximum Gasteiger partial charge on any atom is 0.262 e. The van der Waals surface area contributed by atoms with E-state index in [1.165, 1.54) is 11.6 Å². The number of para-hydroxylation sites is 1. The molecule has 0 saturated heterocycles. The first kappa shape index (κ1) is 16.8. The summed E-state index contributed by atoms with van der Waals surface area (Å²) >= 11 is 0. The summed E-state index contributed by atoms with van der Waals surface area (Å²) in [6.07, 6.45) is 5.15. The third-order valence-corrected chi connectivity index (χ3v) is 4.09. The fourth-order valence-electron chi connectivity index (χ4n) is 2.90. The van der Waals surface area contributed by atoms with E-state index in [2.05, 4.69) is 16.9 Å². The highest BCUT2D eigenvalue weighted by atomic mass is 16.2. The van der Waals surface area contributed by atoms with E-state index in [1.54, 1.807) is 6.08 Å². The number of aryl methyl sites for hydroxylation is 1. The Morgan fingerprint density at radius 1 is 1.00 bits per heavy atom. The molecule has 0 aliphatic carbocycles. The molecule has 0 bridgehead atoms. The van der Waals surface area contributed by atoms with Gasteiger partial charge in [0.2, 0.25) is 0 Å². The molecule has 1 aliphatic heterocycles. The minimum atomic E-state index is -0.365. The Kier molecular flexibility index (Phi) is 5.46. The quantitative estimate of drug-likeness (QED) is 0.666. The number of carbonyl (C=O) groups excluding carboxylic acids is 2. The van der Waals surface area contributed by atoms with Crippen molar-refractivity contribution < 1.29 is 9.59 Å². The second-order valence-electron chi connectivity index (χ2n) is 5.94. The summed E-state index contributed by atoms with van der Waals surface area (Å²) in [5.41, 5.74) is 8.16. The predicted octanol–water partition coefficient (Wildman–Crippen LogP) is 2.30. The standard InChI is InChI=1S/C20H21N3O2/c24-19(13-12-16-7-2-1-3-8-16)21-22-20(25)15-23-14-6-10-17-9-4-5-11-18(17)23/h1-5,7-9,11-13H,6,10,14-15H2,(H,21,24)(H,22,25)/b13-12+. The molecular formula is C20H21N3O2. The van der Waals surface area contributed by atoms with Crippen molar-refractivity contribution in [1.29, 1.82) is 0 Å². The van der Waals surface area contributed by atoms with Gasteiger partial charge in [-0.2, -0.15) is 0 Å². The fourth-order valence-corrected chi connectivity index (χ4v) is 2.90. The normalized spacial score (nSPS) is 13.4. The van der Waals surface area contributed by atoms with E-state index in [0.29, 0.717) is 0 Å². The van der Waals surface area contributed by atoms with Crippen LogP contribution in [0.2, 0.25) is 0 Å². The van der Waals surface area contributed by atoms with Crippen molar-refractivity contribution in [1.82, 2.24) is 10.9 Å². The molecule has 0 unspecified atom stereocenters. The van der Waals surface area contributed by atoms with E-state index >= 15 is 0 Å². The Morgan fingerprint density at radius 2 is 1.76 bits per heavy atom. The Bertz CT molecular complexity index is 772. The highest BCUT2D eigenvalue weighted by molar-refractivity contribution is 5.93. The van der Waals surface area contributed by atoms with Crippen molar-refractivity contribution in [2.45, 2.75) is 12.8 Å². The van der Waals surface area contributed by atoms with Gasteiger partial charge in [-0.05, 0) is 36.1 Å². The van der Waals surface area contributed by atoms with Crippen molar-refractivity contribution >= 4 is 23.6 Å². The zero-order chi connectivity index (χ0) is 17.5. The van der Waals surface area contributed by atoms with E-state index in [-0.39, 0.29) is 18.4 Å². The van der Waals surface area contributed by atoms with Crippen LogP contribution in [0.4, 0.5) is 5.69 Å². The SMILES string of the molecule is O=C(/C=C/c1ccccc1)NNC(=O)CN1CCCc2ccccc21. The number of nitrogens with one attached hydrogen (secondary N) is 2. The average molecular weight is 335 g/mol. The Labute approximate surface area is 147 Å². The van der Waals surface area contributed by atoms with Crippen molar-refractivity contribution in [3.8, 4) is 0 Å². The summed E-state index contributed by atoms with van der Waals surface area (Å²) in [4.78, 5) is 25.9. The number of anilines is 1. The summed E-state index contributed by atoms with van der Waals surface area (Å²) in [6, 6.07) is 17.6. The van der Waals surface area contributed by atoms with Gasteiger partial charge in [0.05, 0.1) is 6.54 Å². The fraction of sp³-hybridized carbons (Fsp3) is 0.200. The van der Waals surface area contributed by atoms with Crippen LogP contribution in [0.25, 0.3) is 6.08 Å². The van der Waals surface area contributed by atoms with E-state index in [9.17, 15) is 9.59 Å². The largest absolute Gasteiger partial charge is 0.362 e. The lowest BCUT2D eigenvalue weighted by molar-refractivity contribution is -0.125. The van der Waals surface area contributed by atoms with E-state index in [4.69, 9.17) is 0 Å². The van der Waals surface area contributed by atoms with E-state index < -0.39 is 0 Å². The second-order valence-corrected chi connectivity index (χ2v) is 5.94. The van der Waals surface area contributed by atoms with Crippen LogP contribution in [0.15, 0.2) is 60.7 Å². The van der Waals surface area contributed by atoms with Crippen molar-refractivity contribution in [2.75, 3.05) is 18.0 Å². The van der Waals surface area contributed by atoms with Crippen LogP contribution in [0.3, 0.4) is 0 Å². The zero-order valence-electron chi connectivity index (χ0n) is 13.9. The molecule has 1 heterocycles. The van der Waals surface area contributed by atoms with E-state index in [0.717, 1.165) is 30.6 Å². The molecule has 3 rings (SSSR count). The minimum Gasteiger partial charge on any atom is -0.362 e. The van der Waals surface area contributed by atoms with Crippen LogP contribution in [-0.2, 0) is 16.0 Å². The van der Waals surface area contributed by atoms with Crippen molar-refractivity contribution in [3.63, 3.8) is 0 Å². The third kappa shape index (κ3) is 4.70. The summed E-state index contributed by atoms with van der Waals surface area (Å²) in [6.45, 7) is 1.06. The Hall–Kier alpha value is -3.08. The number of benzene rings is 2. The maximum atomic E-state index is 12.1. The molecular weight excluding hydrogens is 314 g/mol. The molecule has 2 aromatic rings. The van der Waals surface area contributed by atoms with Gasteiger partial charge < -0.3 is 4.90 Å². The number of hydrazine groups is 1. The van der Waals surface area contributed by atoms with Crippen LogP contribution >= 0.6 is 0 Å². The molecule has 0 spiro atoms. The summed E-state index contributed by atoms with van der Waals surface area (Å²) in [5.74, 6) is -0.602. The highest BCUT2D eigenvalue weighted by Gasteiger charge is 2.18. The zero-order valence-corrected chi connectivity index (χ0v) is 13.9. The lowest BCUT2D eigenvalue weighted by Gasteiger charge is -2.30. The Balaban J connectivity index is 1.49. The number of fused-ring (bicyclic) bond motifs is 1. The molecule has 1 aliphatic rings. The van der Waals surface area contributed by atoms with Gasteiger partial charge in [0.1, 0.15) is 0 Å². The lowest BCUT2D eigenvalue weighted by atomic mass is 10.0. The minimum absolute atomic E-state index is 0.222.